The van der Waals surface area contributed by atoms with E-state index in [-0.39, 0.29) is 16.5 Å². The van der Waals surface area contributed by atoms with Crippen molar-refractivity contribution in [3.63, 3.8) is 0 Å². The largest absolute Gasteiger partial charge is 0.391 e. The Kier molecular flexibility index (Phi) is 4.86. The van der Waals surface area contributed by atoms with Gasteiger partial charge in [-0.25, -0.2) is 8.78 Å². The topological polar surface area (TPSA) is 46.2 Å². The summed E-state index contributed by atoms with van der Waals surface area (Å²) in [4.78, 5) is 0. The lowest BCUT2D eigenvalue weighted by Crippen LogP contribution is -2.33. The van der Waals surface area contributed by atoms with Crippen LogP contribution in [0.2, 0.25) is 5.02 Å². The summed E-state index contributed by atoms with van der Waals surface area (Å²) in [7, 11) is 0. The fourth-order valence-corrected chi connectivity index (χ4v) is 1.83. The van der Waals surface area contributed by atoms with E-state index in [0.717, 1.165) is 12.1 Å². The van der Waals surface area contributed by atoms with Crippen LogP contribution in [0.15, 0.2) is 12.1 Å². The first-order chi connectivity index (χ1) is 7.88. The molecular weight excluding hydrogens is 248 g/mol. The minimum absolute atomic E-state index is 0.0334. The third kappa shape index (κ3) is 3.15. The van der Waals surface area contributed by atoms with Gasteiger partial charge < -0.3 is 10.8 Å². The highest BCUT2D eigenvalue weighted by atomic mass is 35.5. The van der Waals surface area contributed by atoms with Crippen LogP contribution in [-0.2, 0) is 0 Å². The van der Waals surface area contributed by atoms with Gasteiger partial charge in [-0.1, -0.05) is 31.9 Å². The second-order valence-electron chi connectivity index (χ2n) is 4.19. The van der Waals surface area contributed by atoms with Crippen LogP contribution in [0.1, 0.15) is 31.9 Å². The van der Waals surface area contributed by atoms with Crippen LogP contribution in [0.3, 0.4) is 0 Å². The van der Waals surface area contributed by atoms with E-state index in [1.807, 2.05) is 6.92 Å². The minimum atomic E-state index is -1.10. The van der Waals surface area contributed by atoms with Gasteiger partial charge >= 0.3 is 0 Å². The molecule has 0 saturated carbocycles. The van der Waals surface area contributed by atoms with Gasteiger partial charge in [0.15, 0.2) is 0 Å². The Labute approximate surface area is 104 Å². The summed E-state index contributed by atoms with van der Waals surface area (Å²) in [5.41, 5.74) is 5.38. The summed E-state index contributed by atoms with van der Waals surface area (Å²) in [6, 6.07) is 0.883. The molecule has 0 saturated heterocycles. The normalized spacial score (nSPS) is 16.6. The molecule has 0 aliphatic rings. The number of rotatable bonds is 4. The van der Waals surface area contributed by atoms with Crippen molar-refractivity contribution in [3.05, 3.63) is 34.4 Å². The van der Waals surface area contributed by atoms with E-state index in [4.69, 9.17) is 17.3 Å². The Morgan fingerprint density at radius 3 is 2.24 bits per heavy atom. The molecule has 3 N–H and O–H groups in total. The number of aliphatic hydroxyl groups excluding tert-OH is 1. The second kappa shape index (κ2) is 5.76. The Morgan fingerprint density at radius 2 is 1.82 bits per heavy atom. The smallest absolute Gasteiger partial charge is 0.132 e. The van der Waals surface area contributed by atoms with Gasteiger partial charge in [-0.3, -0.25) is 0 Å². The molecular formula is C12H16ClF2NO. The van der Waals surface area contributed by atoms with Gasteiger partial charge in [0.05, 0.1) is 12.1 Å². The lowest BCUT2D eigenvalue weighted by molar-refractivity contribution is 0.0854. The summed E-state index contributed by atoms with van der Waals surface area (Å²) in [5, 5.41) is 9.83. The second-order valence-corrected chi connectivity index (χ2v) is 4.62. The van der Waals surface area contributed by atoms with Gasteiger partial charge in [0.2, 0.25) is 0 Å². The van der Waals surface area contributed by atoms with Crippen molar-refractivity contribution in [3.8, 4) is 0 Å². The maximum atomic E-state index is 13.6. The Hall–Kier alpha value is -0.710. The first-order valence-electron chi connectivity index (χ1n) is 5.46. The number of nitrogens with two attached hydrogens (primary N) is 1. The van der Waals surface area contributed by atoms with Crippen LogP contribution in [0.5, 0.6) is 0 Å². The van der Waals surface area contributed by atoms with Crippen molar-refractivity contribution in [1.29, 1.82) is 0 Å². The van der Waals surface area contributed by atoms with Gasteiger partial charge in [-0.2, -0.15) is 0 Å². The van der Waals surface area contributed by atoms with Gasteiger partial charge in [0, 0.05) is 10.6 Å². The first-order valence-corrected chi connectivity index (χ1v) is 5.84. The van der Waals surface area contributed by atoms with E-state index in [2.05, 4.69) is 0 Å². The summed E-state index contributed by atoms with van der Waals surface area (Å²) in [6.07, 6.45) is -0.323. The number of hydrogen-bond donors (Lipinski definition) is 2. The first kappa shape index (κ1) is 14.4. The molecule has 0 aromatic heterocycles. The van der Waals surface area contributed by atoms with E-state index in [1.165, 1.54) is 0 Å². The standard InChI is InChI=1S/C12H16ClF2NO/c1-3-6(2)12(17)11(16)10-8(14)4-7(13)5-9(10)15/h4-6,11-12,17H,3,16H2,1-2H3/t6?,11-,12+/m1/s1. The Morgan fingerprint density at radius 1 is 1.35 bits per heavy atom. The lowest BCUT2D eigenvalue weighted by atomic mass is 9.91. The van der Waals surface area contributed by atoms with Crippen molar-refractivity contribution < 1.29 is 13.9 Å². The maximum absolute atomic E-state index is 13.6. The van der Waals surface area contributed by atoms with Gasteiger partial charge in [-0.15, -0.1) is 0 Å². The van der Waals surface area contributed by atoms with Crippen molar-refractivity contribution in [2.45, 2.75) is 32.4 Å². The van der Waals surface area contributed by atoms with E-state index in [9.17, 15) is 13.9 Å². The molecule has 0 aliphatic carbocycles. The monoisotopic (exact) mass is 263 g/mol. The van der Waals surface area contributed by atoms with E-state index in [0.29, 0.717) is 6.42 Å². The zero-order valence-electron chi connectivity index (χ0n) is 9.75. The molecule has 1 aromatic rings. The van der Waals surface area contributed by atoms with Gasteiger partial charge in [0.1, 0.15) is 11.6 Å². The fraction of sp³-hybridized carbons (Fsp3) is 0.500. The summed E-state index contributed by atoms with van der Waals surface area (Å²) >= 11 is 5.51. The van der Waals surface area contributed by atoms with Crippen molar-refractivity contribution >= 4 is 11.6 Å². The zero-order chi connectivity index (χ0) is 13.2. The summed E-state index contributed by atoms with van der Waals surface area (Å²) in [5.74, 6) is -1.80. The molecule has 0 radical (unpaired) electrons. The molecule has 96 valence electrons. The number of halogens is 3. The van der Waals surface area contributed by atoms with Crippen molar-refractivity contribution in [2.75, 3.05) is 0 Å². The molecule has 0 fully saturated rings. The molecule has 0 bridgehead atoms. The number of aliphatic hydroxyl groups is 1. The van der Waals surface area contributed by atoms with Crippen LogP contribution in [0, 0.1) is 17.6 Å². The molecule has 1 rings (SSSR count). The molecule has 2 nitrogen and oxygen atoms in total. The van der Waals surface area contributed by atoms with Crippen molar-refractivity contribution in [1.82, 2.24) is 0 Å². The molecule has 0 amide bonds. The molecule has 3 atom stereocenters. The average Bonchev–Trinajstić information content (AvgIpc) is 2.25. The van der Waals surface area contributed by atoms with E-state index in [1.54, 1.807) is 6.92 Å². The van der Waals surface area contributed by atoms with Crippen LogP contribution in [0.4, 0.5) is 8.78 Å². The minimum Gasteiger partial charge on any atom is -0.391 e. The highest BCUT2D eigenvalue weighted by Gasteiger charge is 2.27. The Balaban J connectivity index is 3.08. The molecule has 17 heavy (non-hydrogen) atoms. The quantitative estimate of drug-likeness (QED) is 0.877. The van der Waals surface area contributed by atoms with Gasteiger partial charge in [0.25, 0.3) is 0 Å². The predicted octanol–water partition coefficient (Wildman–Crippen LogP) is 3.03. The van der Waals surface area contributed by atoms with Gasteiger partial charge in [-0.05, 0) is 18.1 Å². The average molecular weight is 264 g/mol. The van der Waals surface area contributed by atoms with Crippen LogP contribution in [0.25, 0.3) is 0 Å². The molecule has 5 heteroatoms. The molecule has 0 heterocycles. The van der Waals surface area contributed by atoms with Crippen molar-refractivity contribution in [2.24, 2.45) is 11.7 Å². The maximum Gasteiger partial charge on any atom is 0.132 e. The molecule has 1 aromatic carbocycles. The van der Waals surface area contributed by atoms with Crippen LogP contribution < -0.4 is 5.73 Å². The SMILES string of the molecule is CCC(C)[C@H](O)[C@H](N)c1c(F)cc(Cl)cc1F. The van der Waals surface area contributed by atoms with E-state index < -0.39 is 23.8 Å². The summed E-state index contributed by atoms with van der Waals surface area (Å²) < 4.78 is 27.1. The zero-order valence-corrected chi connectivity index (χ0v) is 10.5. The van der Waals surface area contributed by atoms with Crippen LogP contribution in [-0.4, -0.2) is 11.2 Å². The molecule has 1 unspecified atom stereocenters. The summed E-state index contributed by atoms with van der Waals surface area (Å²) in [6.45, 7) is 3.64. The lowest BCUT2D eigenvalue weighted by Gasteiger charge is -2.24. The Bertz CT molecular complexity index is 377. The number of benzene rings is 1. The number of hydrogen-bond acceptors (Lipinski definition) is 2. The highest BCUT2D eigenvalue weighted by Crippen LogP contribution is 2.28. The molecule has 0 aliphatic heterocycles. The van der Waals surface area contributed by atoms with E-state index >= 15 is 0 Å². The predicted molar refractivity (Wildman–Crippen MR) is 63.8 cm³/mol. The highest BCUT2D eigenvalue weighted by molar-refractivity contribution is 6.30. The third-order valence-corrected chi connectivity index (χ3v) is 3.19. The fourth-order valence-electron chi connectivity index (χ4n) is 1.64. The molecule has 0 spiro atoms. The third-order valence-electron chi connectivity index (χ3n) is 2.97. The van der Waals surface area contributed by atoms with Crippen LogP contribution >= 0.6 is 11.6 Å².